The van der Waals surface area contributed by atoms with Gasteiger partial charge in [0, 0.05) is 0 Å². The Bertz CT molecular complexity index is 427. The maximum absolute atomic E-state index is 13.4. The quantitative estimate of drug-likeness (QED) is 0.834. The molecular weight excluding hydrogens is 234 g/mol. The van der Waals surface area contributed by atoms with Crippen LogP contribution >= 0.6 is 0 Å². The molecular formula is C10H12F2O3Si. The fourth-order valence-corrected chi connectivity index (χ4v) is 1.92. The third-order valence-electron chi connectivity index (χ3n) is 1.69. The Hall–Kier alpha value is -1.43. The molecule has 0 aliphatic rings. The summed E-state index contributed by atoms with van der Waals surface area (Å²) in [4.78, 5) is 10.5. The lowest BCUT2D eigenvalue weighted by atomic mass is 10.2. The Morgan fingerprint density at radius 2 is 1.81 bits per heavy atom. The van der Waals surface area contributed by atoms with Crippen LogP contribution in [-0.4, -0.2) is 19.4 Å². The molecule has 0 unspecified atom stereocenters. The number of benzene rings is 1. The van der Waals surface area contributed by atoms with Gasteiger partial charge in [0.1, 0.15) is 5.75 Å². The molecule has 0 spiro atoms. The van der Waals surface area contributed by atoms with Gasteiger partial charge in [0.05, 0.1) is 5.56 Å². The van der Waals surface area contributed by atoms with Crippen LogP contribution in [0.3, 0.4) is 0 Å². The van der Waals surface area contributed by atoms with Crippen LogP contribution in [0.2, 0.25) is 19.6 Å². The van der Waals surface area contributed by atoms with E-state index in [1.165, 1.54) is 0 Å². The second-order valence-corrected chi connectivity index (χ2v) is 8.69. The molecule has 0 heterocycles. The highest BCUT2D eigenvalue weighted by Crippen LogP contribution is 2.25. The van der Waals surface area contributed by atoms with Crippen LogP contribution in [0.15, 0.2) is 12.1 Å². The Balaban J connectivity index is 3.17. The zero-order valence-corrected chi connectivity index (χ0v) is 10.2. The summed E-state index contributed by atoms with van der Waals surface area (Å²) in [7, 11) is -2.05. The average molecular weight is 246 g/mol. The number of carboxylic acids is 1. The third-order valence-corrected chi connectivity index (χ3v) is 2.53. The first kappa shape index (κ1) is 12.6. The number of carbonyl (C=O) groups is 1. The van der Waals surface area contributed by atoms with E-state index in [0.29, 0.717) is 0 Å². The highest BCUT2D eigenvalue weighted by molar-refractivity contribution is 6.70. The molecule has 0 amide bonds. The predicted molar refractivity (Wildman–Crippen MR) is 57.3 cm³/mol. The molecule has 88 valence electrons. The van der Waals surface area contributed by atoms with E-state index in [1.54, 1.807) is 0 Å². The maximum atomic E-state index is 13.4. The van der Waals surface area contributed by atoms with Crippen molar-refractivity contribution in [1.29, 1.82) is 0 Å². The van der Waals surface area contributed by atoms with Crippen LogP contribution in [0, 0.1) is 11.6 Å². The van der Waals surface area contributed by atoms with Crippen LogP contribution in [-0.2, 0) is 0 Å². The lowest BCUT2D eigenvalue weighted by Gasteiger charge is -2.19. The summed E-state index contributed by atoms with van der Waals surface area (Å²) in [5, 5.41) is 8.57. The molecule has 0 saturated heterocycles. The van der Waals surface area contributed by atoms with E-state index in [4.69, 9.17) is 9.53 Å². The highest BCUT2D eigenvalue weighted by Gasteiger charge is 2.23. The van der Waals surface area contributed by atoms with E-state index in [1.807, 2.05) is 19.6 Å². The second-order valence-electron chi connectivity index (χ2n) is 4.26. The van der Waals surface area contributed by atoms with Crippen molar-refractivity contribution in [3.05, 3.63) is 29.3 Å². The van der Waals surface area contributed by atoms with Crippen molar-refractivity contribution >= 4 is 14.3 Å². The highest BCUT2D eigenvalue weighted by atomic mass is 28.4. The van der Waals surface area contributed by atoms with Crippen LogP contribution in [0.4, 0.5) is 8.78 Å². The number of carboxylic acid groups (broad SMARTS) is 1. The topological polar surface area (TPSA) is 46.5 Å². The molecule has 0 bridgehead atoms. The van der Waals surface area contributed by atoms with Gasteiger partial charge < -0.3 is 9.53 Å². The summed E-state index contributed by atoms with van der Waals surface area (Å²) in [6.45, 7) is 5.44. The van der Waals surface area contributed by atoms with Crippen molar-refractivity contribution < 1.29 is 23.1 Å². The first-order valence-electron chi connectivity index (χ1n) is 4.62. The number of halogens is 2. The fourth-order valence-electron chi connectivity index (χ4n) is 1.11. The van der Waals surface area contributed by atoms with Crippen LogP contribution in [0.5, 0.6) is 5.75 Å². The molecule has 0 atom stereocenters. The van der Waals surface area contributed by atoms with Crippen LogP contribution in [0.25, 0.3) is 0 Å². The number of aromatic carboxylic acids is 1. The normalized spacial score (nSPS) is 11.3. The standard InChI is InChI=1S/C10H12F2O3Si/c1-16(2,3)15-7-5-4-6(10(13)14)8(11)9(7)12/h4-5H,1-3H3,(H,13,14). The lowest BCUT2D eigenvalue weighted by Crippen LogP contribution is -2.30. The summed E-state index contributed by atoms with van der Waals surface area (Å²) in [5.74, 6) is -4.37. The molecule has 0 aliphatic heterocycles. The van der Waals surface area contributed by atoms with Crippen molar-refractivity contribution in [2.45, 2.75) is 19.6 Å². The minimum Gasteiger partial charge on any atom is -0.542 e. The van der Waals surface area contributed by atoms with Gasteiger partial charge in [0.2, 0.25) is 8.32 Å². The predicted octanol–water partition coefficient (Wildman–Crippen LogP) is 2.88. The first-order chi connectivity index (χ1) is 7.22. The van der Waals surface area contributed by atoms with Gasteiger partial charge in [-0.15, -0.1) is 0 Å². The van der Waals surface area contributed by atoms with E-state index in [0.717, 1.165) is 12.1 Å². The van der Waals surface area contributed by atoms with Gasteiger partial charge in [-0.25, -0.2) is 9.18 Å². The van der Waals surface area contributed by atoms with Gasteiger partial charge in [0.15, 0.2) is 11.6 Å². The average Bonchev–Trinajstić information content (AvgIpc) is 2.10. The summed E-state index contributed by atoms with van der Waals surface area (Å²) in [6, 6.07) is 2.14. The molecule has 0 radical (unpaired) electrons. The zero-order chi connectivity index (χ0) is 12.5. The van der Waals surface area contributed by atoms with E-state index in [-0.39, 0.29) is 5.75 Å². The minimum atomic E-state index is -2.05. The molecule has 1 N–H and O–H groups in total. The van der Waals surface area contributed by atoms with Gasteiger partial charge in [0.25, 0.3) is 0 Å². The molecule has 3 nitrogen and oxygen atoms in total. The molecule has 0 aliphatic carbocycles. The SMILES string of the molecule is C[Si](C)(C)Oc1ccc(C(=O)O)c(F)c1F. The first-order valence-corrected chi connectivity index (χ1v) is 8.03. The van der Waals surface area contributed by atoms with E-state index < -0.39 is 31.5 Å². The fraction of sp³-hybridized carbons (Fsp3) is 0.300. The Labute approximate surface area is 92.8 Å². The monoisotopic (exact) mass is 246 g/mol. The van der Waals surface area contributed by atoms with Crippen molar-refractivity contribution in [3.63, 3.8) is 0 Å². The van der Waals surface area contributed by atoms with Crippen LogP contribution < -0.4 is 4.43 Å². The molecule has 1 aromatic carbocycles. The molecule has 0 fully saturated rings. The zero-order valence-electron chi connectivity index (χ0n) is 9.17. The van der Waals surface area contributed by atoms with Crippen molar-refractivity contribution in [2.75, 3.05) is 0 Å². The molecule has 0 aromatic heterocycles. The smallest absolute Gasteiger partial charge is 0.338 e. The maximum Gasteiger partial charge on any atom is 0.338 e. The second kappa shape index (κ2) is 4.21. The molecule has 6 heteroatoms. The molecule has 1 aromatic rings. The summed E-state index contributed by atoms with van der Waals surface area (Å²) in [6.07, 6.45) is 0. The van der Waals surface area contributed by atoms with Gasteiger partial charge in [-0.1, -0.05) is 0 Å². The number of hydrogen-bond donors (Lipinski definition) is 1. The largest absolute Gasteiger partial charge is 0.542 e. The Morgan fingerprint density at radius 3 is 2.25 bits per heavy atom. The van der Waals surface area contributed by atoms with Gasteiger partial charge >= 0.3 is 5.97 Å². The minimum absolute atomic E-state index is 0.235. The van der Waals surface area contributed by atoms with E-state index in [2.05, 4.69) is 0 Å². The van der Waals surface area contributed by atoms with E-state index >= 15 is 0 Å². The van der Waals surface area contributed by atoms with Gasteiger partial charge in [-0.3, -0.25) is 0 Å². The van der Waals surface area contributed by atoms with Gasteiger partial charge in [-0.2, -0.15) is 4.39 Å². The summed E-state index contributed by atoms with van der Waals surface area (Å²) in [5.41, 5.74) is -0.694. The summed E-state index contributed by atoms with van der Waals surface area (Å²) >= 11 is 0. The third kappa shape index (κ3) is 2.79. The van der Waals surface area contributed by atoms with Gasteiger partial charge in [-0.05, 0) is 31.8 Å². The Morgan fingerprint density at radius 1 is 1.25 bits per heavy atom. The number of rotatable bonds is 3. The summed E-state index contributed by atoms with van der Waals surface area (Å²) < 4.78 is 32.0. The lowest BCUT2D eigenvalue weighted by molar-refractivity contribution is 0.0690. The molecule has 16 heavy (non-hydrogen) atoms. The molecule has 0 saturated carbocycles. The number of hydrogen-bond acceptors (Lipinski definition) is 2. The Kier molecular flexibility index (Phi) is 3.32. The van der Waals surface area contributed by atoms with E-state index in [9.17, 15) is 13.6 Å². The van der Waals surface area contributed by atoms with Crippen molar-refractivity contribution in [2.24, 2.45) is 0 Å². The van der Waals surface area contributed by atoms with Crippen molar-refractivity contribution in [3.8, 4) is 5.75 Å². The van der Waals surface area contributed by atoms with Crippen LogP contribution in [0.1, 0.15) is 10.4 Å². The van der Waals surface area contributed by atoms with Crippen molar-refractivity contribution in [1.82, 2.24) is 0 Å². The molecule has 1 rings (SSSR count).